The molecule has 1 atom stereocenters. The molecule has 0 radical (unpaired) electrons. The molecule has 2 aromatic carbocycles. The zero-order valence-corrected chi connectivity index (χ0v) is 14.7. The first kappa shape index (κ1) is 18.1. The van der Waals surface area contributed by atoms with Crippen LogP contribution >= 0.6 is 11.6 Å². The van der Waals surface area contributed by atoms with Gasteiger partial charge in [-0.05, 0) is 43.3 Å². The van der Waals surface area contributed by atoms with Crippen molar-refractivity contribution >= 4 is 33.2 Å². The van der Waals surface area contributed by atoms with Crippen LogP contribution in [0.4, 0.5) is 5.69 Å². The van der Waals surface area contributed by atoms with Crippen molar-refractivity contribution in [3.63, 3.8) is 0 Å². The van der Waals surface area contributed by atoms with Crippen LogP contribution in [-0.4, -0.2) is 27.5 Å². The lowest BCUT2D eigenvalue weighted by Gasteiger charge is -2.14. The fourth-order valence-electron chi connectivity index (χ4n) is 1.91. The second kappa shape index (κ2) is 7.55. The maximum absolute atomic E-state index is 12.4. The van der Waals surface area contributed by atoms with Gasteiger partial charge in [-0.25, -0.2) is 8.42 Å². The van der Waals surface area contributed by atoms with Gasteiger partial charge in [0.2, 0.25) is 0 Å². The van der Waals surface area contributed by atoms with E-state index in [9.17, 15) is 13.2 Å². The van der Waals surface area contributed by atoms with Crippen molar-refractivity contribution < 1.29 is 17.9 Å². The highest BCUT2D eigenvalue weighted by Crippen LogP contribution is 2.25. The SMILES string of the molecule is CNC(=O)[C@H](C)Oc1ccc(S(=O)(=O)Nc2ccccc2Cl)cc1. The van der Waals surface area contributed by atoms with Crippen LogP contribution in [0.15, 0.2) is 53.4 Å². The van der Waals surface area contributed by atoms with E-state index in [1.54, 1.807) is 31.2 Å². The van der Waals surface area contributed by atoms with Gasteiger partial charge < -0.3 is 10.1 Å². The molecule has 24 heavy (non-hydrogen) atoms. The number of carbonyl (C=O) groups excluding carboxylic acids is 1. The molecule has 1 amide bonds. The minimum absolute atomic E-state index is 0.0577. The summed E-state index contributed by atoms with van der Waals surface area (Å²) in [6.07, 6.45) is -0.682. The number of ether oxygens (including phenoxy) is 1. The zero-order chi connectivity index (χ0) is 17.7. The molecule has 0 unspecified atom stereocenters. The van der Waals surface area contributed by atoms with E-state index in [2.05, 4.69) is 10.0 Å². The third-order valence-electron chi connectivity index (χ3n) is 3.18. The van der Waals surface area contributed by atoms with E-state index >= 15 is 0 Å². The molecule has 2 N–H and O–H groups in total. The normalized spacial score (nSPS) is 12.3. The van der Waals surface area contributed by atoms with Crippen molar-refractivity contribution in [2.45, 2.75) is 17.9 Å². The predicted molar refractivity (Wildman–Crippen MR) is 92.9 cm³/mol. The van der Waals surface area contributed by atoms with E-state index in [0.29, 0.717) is 16.5 Å². The molecule has 6 nitrogen and oxygen atoms in total. The van der Waals surface area contributed by atoms with Crippen molar-refractivity contribution in [3.8, 4) is 5.75 Å². The number of hydrogen-bond donors (Lipinski definition) is 2. The van der Waals surface area contributed by atoms with Crippen LogP contribution in [0.2, 0.25) is 5.02 Å². The monoisotopic (exact) mass is 368 g/mol. The van der Waals surface area contributed by atoms with Gasteiger partial charge in [0.25, 0.3) is 15.9 Å². The smallest absolute Gasteiger partial charge is 0.261 e. The number of amides is 1. The number of halogens is 1. The molecule has 8 heteroatoms. The maximum atomic E-state index is 12.4. The lowest BCUT2D eigenvalue weighted by atomic mass is 10.3. The summed E-state index contributed by atoms with van der Waals surface area (Å²) in [5.41, 5.74) is 0.299. The number of hydrogen-bond acceptors (Lipinski definition) is 4. The quantitative estimate of drug-likeness (QED) is 0.820. The molecule has 0 saturated heterocycles. The predicted octanol–water partition coefficient (Wildman–Crippen LogP) is 2.65. The molecule has 0 bridgehead atoms. The third kappa shape index (κ3) is 4.39. The number of anilines is 1. The van der Waals surface area contributed by atoms with Crippen molar-refractivity contribution in [1.29, 1.82) is 0 Å². The highest BCUT2D eigenvalue weighted by molar-refractivity contribution is 7.92. The maximum Gasteiger partial charge on any atom is 0.261 e. The number of rotatable bonds is 6. The number of benzene rings is 2. The Kier molecular flexibility index (Phi) is 5.69. The van der Waals surface area contributed by atoms with Gasteiger partial charge in [0, 0.05) is 7.05 Å². The minimum atomic E-state index is -3.77. The van der Waals surface area contributed by atoms with Crippen LogP contribution in [-0.2, 0) is 14.8 Å². The molecule has 0 fully saturated rings. The van der Waals surface area contributed by atoms with Crippen LogP contribution in [0.3, 0.4) is 0 Å². The van der Waals surface area contributed by atoms with Gasteiger partial charge in [0.15, 0.2) is 6.10 Å². The molecule has 0 spiro atoms. The average molecular weight is 369 g/mol. The molecule has 2 aromatic rings. The Hall–Kier alpha value is -2.25. The van der Waals surface area contributed by atoms with Gasteiger partial charge in [-0.15, -0.1) is 0 Å². The van der Waals surface area contributed by atoms with Crippen LogP contribution in [0.25, 0.3) is 0 Å². The highest BCUT2D eigenvalue weighted by Gasteiger charge is 2.17. The largest absolute Gasteiger partial charge is 0.481 e. The molecular formula is C16H17ClN2O4S. The number of sulfonamides is 1. The first-order valence-electron chi connectivity index (χ1n) is 7.09. The fourth-order valence-corrected chi connectivity index (χ4v) is 3.22. The fraction of sp³-hybridized carbons (Fsp3) is 0.188. The van der Waals surface area contributed by atoms with Gasteiger partial charge in [-0.1, -0.05) is 23.7 Å². The van der Waals surface area contributed by atoms with Gasteiger partial charge in [0.05, 0.1) is 15.6 Å². The first-order valence-corrected chi connectivity index (χ1v) is 8.95. The van der Waals surface area contributed by atoms with Gasteiger partial charge in [-0.2, -0.15) is 0 Å². The van der Waals surface area contributed by atoms with E-state index in [0.717, 1.165) is 0 Å². The molecule has 0 aliphatic carbocycles. The van der Waals surface area contributed by atoms with E-state index in [-0.39, 0.29) is 10.8 Å². The first-order chi connectivity index (χ1) is 11.3. The van der Waals surface area contributed by atoms with E-state index in [4.69, 9.17) is 16.3 Å². The van der Waals surface area contributed by atoms with Crippen LogP contribution < -0.4 is 14.8 Å². The number of carbonyl (C=O) groups is 1. The van der Waals surface area contributed by atoms with E-state index in [1.807, 2.05) is 0 Å². The summed E-state index contributed by atoms with van der Waals surface area (Å²) in [5, 5.41) is 2.78. The topological polar surface area (TPSA) is 84.5 Å². The zero-order valence-electron chi connectivity index (χ0n) is 13.1. The van der Waals surface area contributed by atoms with Crippen molar-refractivity contribution in [1.82, 2.24) is 5.32 Å². The Bertz CT molecular complexity index is 822. The van der Waals surface area contributed by atoms with Crippen LogP contribution in [0.5, 0.6) is 5.75 Å². The van der Waals surface area contributed by atoms with Crippen molar-refractivity contribution in [2.75, 3.05) is 11.8 Å². The summed E-state index contributed by atoms with van der Waals surface area (Å²) in [5.74, 6) is 0.120. The van der Waals surface area contributed by atoms with Crippen molar-refractivity contribution in [2.24, 2.45) is 0 Å². The highest BCUT2D eigenvalue weighted by atomic mass is 35.5. The molecular weight excluding hydrogens is 352 g/mol. The van der Waals surface area contributed by atoms with Gasteiger partial charge >= 0.3 is 0 Å². The molecule has 0 heterocycles. The lowest BCUT2D eigenvalue weighted by Crippen LogP contribution is -2.33. The Morgan fingerprint density at radius 1 is 1.12 bits per heavy atom. The Morgan fingerprint density at radius 2 is 1.75 bits per heavy atom. The van der Waals surface area contributed by atoms with Crippen molar-refractivity contribution in [3.05, 3.63) is 53.6 Å². The Labute approximate surface area is 145 Å². The summed E-state index contributed by atoms with van der Waals surface area (Å²) < 4.78 is 32.6. The summed E-state index contributed by atoms with van der Waals surface area (Å²) in [7, 11) is -2.26. The van der Waals surface area contributed by atoms with Crippen LogP contribution in [0, 0.1) is 0 Å². The Balaban J connectivity index is 2.14. The minimum Gasteiger partial charge on any atom is -0.481 e. The average Bonchev–Trinajstić information content (AvgIpc) is 2.56. The molecule has 0 saturated carbocycles. The molecule has 0 aliphatic rings. The van der Waals surface area contributed by atoms with E-state index < -0.39 is 16.1 Å². The summed E-state index contributed by atoms with van der Waals surface area (Å²) in [6.45, 7) is 1.60. The Morgan fingerprint density at radius 3 is 2.33 bits per heavy atom. The molecule has 0 aromatic heterocycles. The molecule has 128 valence electrons. The second-order valence-corrected chi connectivity index (χ2v) is 7.02. The van der Waals surface area contributed by atoms with Crippen LogP contribution in [0.1, 0.15) is 6.92 Å². The number of nitrogens with one attached hydrogen (secondary N) is 2. The van der Waals surface area contributed by atoms with Gasteiger partial charge in [0.1, 0.15) is 5.75 Å². The summed E-state index contributed by atoms with van der Waals surface area (Å²) >= 11 is 5.96. The summed E-state index contributed by atoms with van der Waals surface area (Å²) in [6, 6.07) is 12.3. The summed E-state index contributed by atoms with van der Waals surface area (Å²) in [4.78, 5) is 11.5. The molecule has 0 aliphatic heterocycles. The third-order valence-corrected chi connectivity index (χ3v) is 4.89. The molecule has 2 rings (SSSR count). The number of likely N-dealkylation sites (N-methyl/N-ethyl adjacent to an activating group) is 1. The van der Waals surface area contributed by atoms with E-state index in [1.165, 1.54) is 31.3 Å². The van der Waals surface area contributed by atoms with Gasteiger partial charge in [-0.3, -0.25) is 9.52 Å². The second-order valence-electron chi connectivity index (χ2n) is 4.93. The lowest BCUT2D eigenvalue weighted by molar-refractivity contribution is -0.126. The number of para-hydroxylation sites is 1. The standard InChI is InChI=1S/C16H17ClN2O4S/c1-11(16(20)18-2)23-12-7-9-13(10-8-12)24(21,22)19-15-6-4-3-5-14(15)17/h3-11,19H,1-2H3,(H,18,20)/t11-/m0/s1.